The van der Waals surface area contributed by atoms with E-state index in [1.165, 1.54) is 6.42 Å². The van der Waals surface area contributed by atoms with Crippen molar-refractivity contribution in [2.75, 3.05) is 20.1 Å². The second kappa shape index (κ2) is 10.8. The van der Waals surface area contributed by atoms with Crippen LogP contribution in [0.1, 0.15) is 46.4 Å². The average Bonchev–Trinajstić information content (AvgIpc) is 2.87. The van der Waals surface area contributed by atoms with Crippen molar-refractivity contribution in [1.82, 2.24) is 25.4 Å². The third-order valence-corrected chi connectivity index (χ3v) is 3.28. The maximum atomic E-state index is 4.24. The molecule has 0 aliphatic rings. The maximum Gasteiger partial charge on any atom is 0.191 e. The number of hydrogen-bond donors (Lipinski definition) is 2. The summed E-state index contributed by atoms with van der Waals surface area (Å²) < 4.78 is 2.07. The van der Waals surface area contributed by atoms with Gasteiger partial charge in [0, 0.05) is 33.1 Å². The predicted octanol–water partition coefficient (Wildman–Crippen LogP) is 2.45. The fraction of sp³-hybridized carbons (Fsp3) is 0.800. The monoisotopic (exact) mass is 422 g/mol. The molecule has 0 unspecified atom stereocenters. The van der Waals surface area contributed by atoms with Crippen LogP contribution in [0, 0.1) is 5.41 Å². The summed E-state index contributed by atoms with van der Waals surface area (Å²) in [6.45, 7) is 11.5. The van der Waals surface area contributed by atoms with Gasteiger partial charge in [-0.3, -0.25) is 4.99 Å². The first kappa shape index (κ1) is 21.1. The summed E-state index contributed by atoms with van der Waals surface area (Å²) in [5, 5.41) is 14.7. The normalized spacial score (nSPS) is 12.0. The topological polar surface area (TPSA) is 67.1 Å². The van der Waals surface area contributed by atoms with Crippen molar-refractivity contribution >= 4 is 29.9 Å². The van der Waals surface area contributed by atoms with Gasteiger partial charge >= 0.3 is 0 Å². The van der Waals surface area contributed by atoms with Crippen LogP contribution in [0.4, 0.5) is 0 Å². The van der Waals surface area contributed by atoms with E-state index in [2.05, 4.69) is 58.1 Å². The summed E-state index contributed by atoms with van der Waals surface area (Å²) in [6.07, 6.45) is 5.03. The van der Waals surface area contributed by atoms with Crippen LogP contribution in [0.3, 0.4) is 0 Å². The molecule has 6 nitrogen and oxygen atoms in total. The van der Waals surface area contributed by atoms with Gasteiger partial charge < -0.3 is 15.2 Å². The van der Waals surface area contributed by atoms with Crippen molar-refractivity contribution in [3.05, 3.63) is 12.2 Å². The highest BCUT2D eigenvalue weighted by molar-refractivity contribution is 14.0. The number of aliphatic imine (C=N–C) groups is 1. The van der Waals surface area contributed by atoms with Crippen LogP contribution in [-0.4, -0.2) is 40.9 Å². The molecule has 0 aromatic carbocycles. The van der Waals surface area contributed by atoms with E-state index in [4.69, 9.17) is 0 Å². The minimum Gasteiger partial charge on any atom is -0.356 e. The molecular weight excluding hydrogens is 391 g/mol. The molecule has 0 aliphatic heterocycles. The number of aromatic nitrogens is 3. The van der Waals surface area contributed by atoms with Crippen LogP contribution in [0.5, 0.6) is 0 Å². The first-order valence-corrected chi connectivity index (χ1v) is 7.77. The lowest BCUT2D eigenvalue weighted by Gasteiger charge is -2.18. The summed E-state index contributed by atoms with van der Waals surface area (Å²) >= 11 is 0. The molecule has 0 aliphatic carbocycles. The van der Waals surface area contributed by atoms with E-state index in [1.807, 2.05) is 0 Å². The van der Waals surface area contributed by atoms with Crippen molar-refractivity contribution < 1.29 is 0 Å². The Labute approximate surface area is 151 Å². The van der Waals surface area contributed by atoms with Gasteiger partial charge in [0.15, 0.2) is 5.96 Å². The zero-order valence-corrected chi connectivity index (χ0v) is 16.8. The van der Waals surface area contributed by atoms with Crippen LogP contribution in [0.15, 0.2) is 11.3 Å². The predicted molar refractivity (Wildman–Crippen MR) is 103 cm³/mol. The molecule has 1 aromatic heterocycles. The maximum absolute atomic E-state index is 4.24. The summed E-state index contributed by atoms with van der Waals surface area (Å²) in [7, 11) is 1.80. The quantitative estimate of drug-likeness (QED) is 0.307. The molecule has 1 aromatic rings. The van der Waals surface area contributed by atoms with E-state index in [-0.39, 0.29) is 24.0 Å². The van der Waals surface area contributed by atoms with Crippen LogP contribution < -0.4 is 10.6 Å². The zero-order valence-electron chi connectivity index (χ0n) is 14.5. The number of rotatable bonds is 7. The molecule has 0 amide bonds. The number of halogens is 1. The summed E-state index contributed by atoms with van der Waals surface area (Å²) in [4.78, 5) is 4.24. The minimum absolute atomic E-state index is 0. The van der Waals surface area contributed by atoms with Gasteiger partial charge in [-0.25, -0.2) is 0 Å². The van der Waals surface area contributed by atoms with Crippen LogP contribution in [0.2, 0.25) is 0 Å². The number of nitrogens with one attached hydrogen (secondary N) is 2. The Morgan fingerprint density at radius 3 is 2.55 bits per heavy atom. The molecule has 1 heterocycles. The summed E-state index contributed by atoms with van der Waals surface area (Å²) in [5.41, 5.74) is 0.392. The van der Waals surface area contributed by atoms with E-state index >= 15 is 0 Å². The molecule has 7 heteroatoms. The highest BCUT2D eigenvalue weighted by atomic mass is 127. The van der Waals surface area contributed by atoms with Crippen LogP contribution >= 0.6 is 24.0 Å². The Morgan fingerprint density at radius 2 is 1.95 bits per heavy atom. The summed E-state index contributed by atoms with van der Waals surface area (Å²) in [5.74, 6) is 1.87. The lowest BCUT2D eigenvalue weighted by atomic mass is 9.91. The number of aryl methyl sites for hydroxylation is 1. The SMILES string of the molecule is CCc1nncn1CCNC(=NC)NCCCC(C)(C)C.I. The van der Waals surface area contributed by atoms with E-state index in [0.29, 0.717) is 5.41 Å². The molecule has 0 saturated carbocycles. The van der Waals surface area contributed by atoms with Crippen LogP contribution in [-0.2, 0) is 13.0 Å². The van der Waals surface area contributed by atoms with Gasteiger partial charge in [-0.15, -0.1) is 34.2 Å². The van der Waals surface area contributed by atoms with Crippen molar-refractivity contribution in [3.63, 3.8) is 0 Å². The Kier molecular flexibility index (Phi) is 10.4. The molecule has 0 atom stereocenters. The molecule has 0 bridgehead atoms. The lowest BCUT2D eigenvalue weighted by molar-refractivity contribution is 0.365. The Morgan fingerprint density at radius 1 is 1.27 bits per heavy atom. The van der Waals surface area contributed by atoms with Crippen molar-refractivity contribution in [3.8, 4) is 0 Å². The van der Waals surface area contributed by atoms with Gasteiger partial charge in [0.05, 0.1) is 0 Å². The standard InChI is InChI=1S/C15H30N6.HI/c1-6-13-20-19-12-21(13)11-10-18-14(16-5)17-9-7-8-15(2,3)4;/h12H,6-11H2,1-5H3,(H2,16,17,18);1H. The van der Waals surface area contributed by atoms with Crippen molar-refractivity contribution in [2.45, 2.75) is 53.5 Å². The van der Waals surface area contributed by atoms with Gasteiger partial charge in [0.2, 0.25) is 0 Å². The second-order valence-electron chi connectivity index (χ2n) is 6.38. The van der Waals surface area contributed by atoms with Gasteiger partial charge in [0.25, 0.3) is 0 Å². The first-order chi connectivity index (χ1) is 9.96. The van der Waals surface area contributed by atoms with Gasteiger partial charge in [-0.05, 0) is 18.3 Å². The highest BCUT2D eigenvalue weighted by Crippen LogP contribution is 2.19. The molecule has 0 fully saturated rings. The highest BCUT2D eigenvalue weighted by Gasteiger charge is 2.09. The van der Waals surface area contributed by atoms with E-state index in [1.54, 1.807) is 13.4 Å². The zero-order chi connectivity index (χ0) is 15.7. The van der Waals surface area contributed by atoms with Gasteiger partial charge in [-0.1, -0.05) is 27.7 Å². The Bertz CT molecular complexity index is 435. The molecule has 128 valence electrons. The van der Waals surface area contributed by atoms with E-state index < -0.39 is 0 Å². The fourth-order valence-corrected chi connectivity index (χ4v) is 2.08. The molecule has 0 saturated heterocycles. The molecule has 2 N–H and O–H groups in total. The first-order valence-electron chi connectivity index (χ1n) is 7.77. The number of hydrogen-bond acceptors (Lipinski definition) is 3. The van der Waals surface area contributed by atoms with Crippen LogP contribution in [0.25, 0.3) is 0 Å². The molecule has 22 heavy (non-hydrogen) atoms. The van der Waals surface area contributed by atoms with E-state index in [0.717, 1.165) is 44.3 Å². The van der Waals surface area contributed by atoms with Gasteiger partial charge in [-0.2, -0.15) is 0 Å². The number of nitrogens with zero attached hydrogens (tertiary/aromatic N) is 4. The fourth-order valence-electron chi connectivity index (χ4n) is 2.08. The van der Waals surface area contributed by atoms with Gasteiger partial charge in [0.1, 0.15) is 12.2 Å². The molecule has 0 radical (unpaired) electrons. The second-order valence-corrected chi connectivity index (χ2v) is 6.38. The largest absolute Gasteiger partial charge is 0.356 e. The van der Waals surface area contributed by atoms with E-state index in [9.17, 15) is 0 Å². The number of guanidine groups is 1. The minimum atomic E-state index is 0. The molecular formula is C15H31IN6. The Balaban J connectivity index is 0.00000441. The third kappa shape index (κ3) is 8.55. The lowest BCUT2D eigenvalue weighted by Crippen LogP contribution is -2.39. The van der Waals surface area contributed by atoms with Crippen molar-refractivity contribution in [2.24, 2.45) is 10.4 Å². The average molecular weight is 422 g/mol. The molecule has 0 spiro atoms. The van der Waals surface area contributed by atoms with Crippen molar-refractivity contribution in [1.29, 1.82) is 0 Å². The summed E-state index contributed by atoms with van der Waals surface area (Å²) in [6, 6.07) is 0. The molecule has 1 rings (SSSR count). The third-order valence-electron chi connectivity index (χ3n) is 3.28. The Hall–Kier alpha value is -0.860. The smallest absolute Gasteiger partial charge is 0.191 e.